The van der Waals surface area contributed by atoms with Crippen LogP contribution in [0.1, 0.15) is 9.67 Å². The molecule has 0 aliphatic carbocycles. The summed E-state index contributed by atoms with van der Waals surface area (Å²) in [6.07, 6.45) is 0. The van der Waals surface area contributed by atoms with E-state index in [0.29, 0.717) is 0 Å². The molecule has 0 unspecified atom stereocenters. The van der Waals surface area contributed by atoms with E-state index in [2.05, 4.69) is 4.74 Å². The summed E-state index contributed by atoms with van der Waals surface area (Å²) in [4.78, 5) is 10.2. The maximum Gasteiger partial charge on any atom is 0.331 e. The maximum absolute atomic E-state index is 10.2. The van der Waals surface area contributed by atoms with Gasteiger partial charge in [-0.1, -0.05) is 0 Å². The van der Waals surface area contributed by atoms with Crippen molar-refractivity contribution >= 4 is 5.97 Å². The Balaban J connectivity index is 3.74. The molecule has 0 aromatic carbocycles. The predicted octanol–water partition coefficient (Wildman–Crippen LogP) is -0.458. The number of aliphatic hydroxyl groups is 1. The fourth-order valence-corrected chi connectivity index (χ4v) is 0.163. The van der Waals surface area contributed by atoms with Gasteiger partial charge in [-0.3, -0.25) is 0 Å². The Bertz CT molecular complexity index is 107. The molecule has 0 spiro atoms. The molecule has 0 rings (SSSR count). The third-order valence-corrected chi connectivity index (χ3v) is 0.367. The molecule has 3 heteroatoms. The second-order valence-electron chi connectivity index (χ2n) is 0.832. The fourth-order valence-electron chi connectivity index (χ4n) is 0.163. The van der Waals surface area contributed by atoms with Gasteiger partial charge in [-0.15, -0.1) is 0 Å². The molecule has 3 nitrogen and oxygen atoms in total. The first kappa shape index (κ1) is 3.43. The number of carbonyl (C=O) groups excluding carboxylic acids is 1. The zero-order valence-corrected chi connectivity index (χ0v) is 3.97. The van der Waals surface area contributed by atoms with Gasteiger partial charge >= 0.3 is 5.97 Å². The SMILES string of the molecule is [2H]C([2H])(O)C(=O)OCC. The number of rotatable bonds is 2. The van der Waals surface area contributed by atoms with Crippen LogP contribution in [-0.4, -0.2) is 24.2 Å². The van der Waals surface area contributed by atoms with Gasteiger partial charge in [0.15, 0.2) is 0 Å². The summed E-state index contributed by atoms with van der Waals surface area (Å²) in [5, 5.41) is 8.28. The van der Waals surface area contributed by atoms with Crippen molar-refractivity contribution in [3.63, 3.8) is 0 Å². The van der Waals surface area contributed by atoms with E-state index >= 15 is 0 Å². The van der Waals surface area contributed by atoms with E-state index in [0.717, 1.165) is 0 Å². The highest BCUT2D eigenvalue weighted by atomic mass is 16.5. The minimum Gasteiger partial charge on any atom is -0.464 e. The van der Waals surface area contributed by atoms with E-state index in [1.165, 1.54) is 6.92 Å². The molecule has 0 heterocycles. The van der Waals surface area contributed by atoms with Gasteiger partial charge in [0.05, 0.1) is 9.35 Å². The van der Waals surface area contributed by atoms with Crippen molar-refractivity contribution in [3.8, 4) is 0 Å². The monoisotopic (exact) mass is 106 g/mol. The van der Waals surface area contributed by atoms with Crippen molar-refractivity contribution < 1.29 is 17.4 Å². The van der Waals surface area contributed by atoms with E-state index in [4.69, 9.17) is 7.85 Å². The molecule has 0 atom stereocenters. The van der Waals surface area contributed by atoms with Gasteiger partial charge in [0.2, 0.25) is 0 Å². The lowest BCUT2D eigenvalue weighted by molar-refractivity contribution is -0.146. The first-order valence-corrected chi connectivity index (χ1v) is 1.88. The van der Waals surface area contributed by atoms with Crippen LogP contribution in [0.15, 0.2) is 0 Å². The molecule has 0 saturated heterocycles. The fraction of sp³-hybridized carbons (Fsp3) is 0.750. The van der Waals surface area contributed by atoms with Gasteiger partial charge < -0.3 is 9.84 Å². The molecule has 7 heavy (non-hydrogen) atoms. The molecular weight excluding hydrogens is 96.0 g/mol. The Hall–Kier alpha value is -0.570. The van der Waals surface area contributed by atoms with Gasteiger partial charge in [-0.25, -0.2) is 4.79 Å². The van der Waals surface area contributed by atoms with Crippen molar-refractivity contribution in [2.75, 3.05) is 13.2 Å². The number of ether oxygens (including phenoxy) is 1. The summed E-state index contributed by atoms with van der Waals surface area (Å²) < 4.78 is 16.9. The van der Waals surface area contributed by atoms with Crippen molar-refractivity contribution in [2.45, 2.75) is 6.92 Å². The lowest BCUT2D eigenvalue weighted by atomic mass is 10.7. The van der Waals surface area contributed by atoms with E-state index in [-0.39, 0.29) is 6.61 Å². The molecular formula is C4H8O3. The first-order chi connectivity index (χ1) is 3.98. The highest BCUT2D eigenvalue weighted by molar-refractivity contribution is 5.70. The maximum atomic E-state index is 10.2. The average Bonchev–Trinajstić information content (AvgIpc) is 1.64. The second kappa shape index (κ2) is 3.61. The van der Waals surface area contributed by atoms with Gasteiger partial charge in [-0.05, 0) is 6.92 Å². The normalized spacial score (nSPS) is 14.6. The van der Waals surface area contributed by atoms with Gasteiger partial charge in [0.1, 0.15) is 6.56 Å². The lowest BCUT2D eigenvalue weighted by Crippen LogP contribution is -2.07. The summed E-state index contributed by atoms with van der Waals surface area (Å²) in [6, 6.07) is 0. The Morgan fingerprint density at radius 3 is 2.86 bits per heavy atom. The minimum atomic E-state index is -2.85. The van der Waals surface area contributed by atoms with Crippen LogP contribution in [0.25, 0.3) is 0 Å². The van der Waals surface area contributed by atoms with Crippen molar-refractivity contribution in [1.29, 1.82) is 0 Å². The molecule has 0 fully saturated rings. The standard InChI is InChI=1S/C4H8O3/c1-2-7-4(6)3-5/h5H,2-3H2,1H3/i3D2. The number of hydrogen-bond acceptors (Lipinski definition) is 3. The quantitative estimate of drug-likeness (QED) is 0.484. The molecule has 1 N–H and O–H groups in total. The van der Waals surface area contributed by atoms with Crippen LogP contribution in [0, 0.1) is 0 Å². The van der Waals surface area contributed by atoms with Crippen LogP contribution in [0.4, 0.5) is 0 Å². The lowest BCUT2D eigenvalue weighted by Gasteiger charge is -1.93. The number of hydrogen-bond donors (Lipinski definition) is 1. The van der Waals surface area contributed by atoms with Gasteiger partial charge in [0.25, 0.3) is 0 Å². The Morgan fingerprint density at radius 2 is 2.71 bits per heavy atom. The van der Waals surface area contributed by atoms with E-state index in [9.17, 15) is 4.79 Å². The highest BCUT2D eigenvalue weighted by Crippen LogP contribution is 1.71. The molecule has 0 aromatic heterocycles. The Labute approximate surface area is 44.7 Å². The molecule has 0 saturated carbocycles. The molecule has 0 bridgehead atoms. The topological polar surface area (TPSA) is 46.5 Å². The molecule has 42 valence electrons. The summed E-state index contributed by atoms with van der Waals surface area (Å²) in [6.45, 7) is -1.25. The molecule has 0 aromatic rings. The highest BCUT2D eigenvalue weighted by Gasteiger charge is 1.92. The second-order valence-corrected chi connectivity index (χ2v) is 0.832. The number of carbonyl (C=O) groups is 1. The minimum absolute atomic E-state index is 0.0684. The average molecular weight is 106 g/mol. The third-order valence-electron chi connectivity index (χ3n) is 0.367. The van der Waals surface area contributed by atoms with Crippen LogP contribution in [0.2, 0.25) is 0 Å². The van der Waals surface area contributed by atoms with Gasteiger partial charge in [0, 0.05) is 0 Å². The van der Waals surface area contributed by atoms with Crippen LogP contribution in [0.3, 0.4) is 0 Å². The molecule has 0 radical (unpaired) electrons. The Morgan fingerprint density at radius 1 is 2.14 bits per heavy atom. The zero-order chi connectivity index (χ0) is 7.49. The molecule has 0 amide bonds. The summed E-state index contributed by atoms with van der Waals surface area (Å²) in [7, 11) is 0. The Kier molecular flexibility index (Phi) is 1.77. The van der Waals surface area contributed by atoms with Gasteiger partial charge in [-0.2, -0.15) is 0 Å². The smallest absolute Gasteiger partial charge is 0.331 e. The first-order valence-electron chi connectivity index (χ1n) is 2.88. The van der Waals surface area contributed by atoms with E-state index in [1.54, 1.807) is 0 Å². The zero-order valence-electron chi connectivity index (χ0n) is 5.97. The van der Waals surface area contributed by atoms with Crippen molar-refractivity contribution in [2.24, 2.45) is 0 Å². The third kappa shape index (κ3) is 3.26. The van der Waals surface area contributed by atoms with Crippen molar-refractivity contribution in [3.05, 3.63) is 0 Å². The van der Waals surface area contributed by atoms with Crippen LogP contribution < -0.4 is 0 Å². The molecule has 0 aliphatic heterocycles. The summed E-state index contributed by atoms with van der Waals surface area (Å²) >= 11 is 0. The van der Waals surface area contributed by atoms with Crippen LogP contribution >= 0.6 is 0 Å². The summed E-state index contributed by atoms with van der Waals surface area (Å²) in [5.41, 5.74) is 0. The largest absolute Gasteiger partial charge is 0.464 e. The van der Waals surface area contributed by atoms with Crippen molar-refractivity contribution in [1.82, 2.24) is 0 Å². The van der Waals surface area contributed by atoms with Crippen LogP contribution in [0.5, 0.6) is 0 Å². The van der Waals surface area contributed by atoms with E-state index < -0.39 is 12.5 Å². The predicted molar refractivity (Wildman–Crippen MR) is 23.7 cm³/mol. The van der Waals surface area contributed by atoms with E-state index in [1.807, 2.05) is 0 Å². The van der Waals surface area contributed by atoms with Crippen LogP contribution in [-0.2, 0) is 9.53 Å². The molecule has 0 aliphatic rings. The summed E-state index contributed by atoms with van der Waals surface area (Å²) in [5.74, 6) is -1.25. The number of esters is 1.